The molecule has 1 heterocycles. The van der Waals surface area contributed by atoms with Crippen molar-refractivity contribution in [2.75, 3.05) is 28.4 Å². The van der Waals surface area contributed by atoms with E-state index in [9.17, 15) is 15.2 Å². The van der Waals surface area contributed by atoms with Crippen LogP contribution in [-0.4, -0.2) is 50.7 Å². The van der Waals surface area contributed by atoms with Crippen molar-refractivity contribution in [3.63, 3.8) is 0 Å². The molecule has 5 aromatic rings. The molecule has 222 valence electrons. The van der Waals surface area contributed by atoms with Gasteiger partial charge in [-0.2, -0.15) is 11.3 Å². The predicted molar refractivity (Wildman–Crippen MR) is 171 cm³/mol. The lowest BCUT2D eigenvalue weighted by Crippen LogP contribution is -2.26. The number of rotatable bonds is 10. The van der Waals surface area contributed by atoms with Crippen LogP contribution in [0.2, 0.25) is 0 Å². The normalized spacial score (nSPS) is 10.6. The highest BCUT2D eigenvalue weighted by Gasteiger charge is 2.22. The molecule has 0 radical (unpaired) electrons. The lowest BCUT2D eigenvalue weighted by atomic mass is 9.83. The molecule has 0 fully saturated rings. The maximum absolute atomic E-state index is 10.2. The van der Waals surface area contributed by atoms with Gasteiger partial charge >= 0.3 is 7.12 Å². The summed E-state index contributed by atoms with van der Waals surface area (Å²) in [5, 5.41) is 31.1. The Morgan fingerprint density at radius 3 is 1.12 bits per heavy atom. The van der Waals surface area contributed by atoms with Crippen LogP contribution in [0.15, 0.2) is 109 Å². The number of aliphatic hydroxyl groups excluding tert-OH is 1. The molecule has 0 saturated heterocycles. The molecule has 9 heteroatoms. The maximum Gasteiger partial charge on any atom is 0.499 e. The summed E-state index contributed by atoms with van der Waals surface area (Å²) in [6.07, 6.45) is -0.637. The zero-order valence-electron chi connectivity index (χ0n) is 24.5. The van der Waals surface area contributed by atoms with E-state index in [1.807, 2.05) is 109 Å². The Morgan fingerprint density at radius 2 is 0.837 bits per heavy atom. The van der Waals surface area contributed by atoms with E-state index in [2.05, 4.69) is 0 Å². The second-order valence-corrected chi connectivity index (χ2v) is 10.5. The lowest BCUT2D eigenvalue weighted by molar-refractivity contribution is 0.220. The fourth-order valence-corrected chi connectivity index (χ4v) is 5.39. The quantitative estimate of drug-likeness (QED) is 0.185. The molecule has 0 aliphatic heterocycles. The minimum absolute atomic E-state index is 0.0134. The fourth-order valence-electron chi connectivity index (χ4n) is 4.59. The molecule has 0 aliphatic rings. The van der Waals surface area contributed by atoms with E-state index < -0.39 is 13.2 Å². The molecular weight excluding hydrogens is 563 g/mol. The van der Waals surface area contributed by atoms with Crippen LogP contribution in [0.5, 0.6) is 23.0 Å². The molecule has 0 saturated carbocycles. The van der Waals surface area contributed by atoms with Crippen molar-refractivity contribution in [2.45, 2.75) is 12.0 Å². The average Bonchev–Trinajstić information content (AvgIpc) is 3.56. The van der Waals surface area contributed by atoms with Crippen LogP contribution in [0, 0.1) is 0 Å². The molecule has 3 N–H and O–H groups in total. The summed E-state index contributed by atoms with van der Waals surface area (Å²) in [7, 11) is 5.07. The Kier molecular flexibility index (Phi) is 11.2. The zero-order chi connectivity index (χ0) is 30.8. The van der Waals surface area contributed by atoms with Crippen LogP contribution >= 0.6 is 11.3 Å². The summed E-state index contributed by atoms with van der Waals surface area (Å²) in [6, 6.07) is 32.4. The third-order valence-corrected chi connectivity index (χ3v) is 7.98. The highest BCUT2D eigenvalue weighted by molar-refractivity contribution is 7.20. The fraction of sp³-hybridized carbons (Fsp3) is 0.176. The first kappa shape index (κ1) is 31.7. The SMILES string of the molecule is COc1ccc(C(O)c2ccc(OC)cc2)cc1.COc1ccc(C(c2ccc(OC)cc2)c2csc(B(O)O)c2)cc1. The van der Waals surface area contributed by atoms with Gasteiger partial charge < -0.3 is 34.1 Å². The third kappa shape index (κ3) is 8.18. The van der Waals surface area contributed by atoms with Gasteiger partial charge in [-0.1, -0.05) is 48.5 Å². The van der Waals surface area contributed by atoms with Crippen LogP contribution in [-0.2, 0) is 0 Å². The Labute approximate surface area is 256 Å². The number of ether oxygens (including phenoxy) is 4. The Hall–Kier alpha value is -4.28. The molecule has 7 nitrogen and oxygen atoms in total. The number of aliphatic hydroxyl groups is 1. The smallest absolute Gasteiger partial charge is 0.497 e. The topological polar surface area (TPSA) is 97.6 Å². The van der Waals surface area contributed by atoms with Gasteiger partial charge in [0.2, 0.25) is 0 Å². The second kappa shape index (κ2) is 15.3. The molecular formula is C34H35BO7S. The Bertz CT molecular complexity index is 1440. The van der Waals surface area contributed by atoms with Crippen molar-refractivity contribution in [3.8, 4) is 23.0 Å². The van der Waals surface area contributed by atoms with Crippen LogP contribution in [0.1, 0.15) is 39.8 Å². The summed E-state index contributed by atoms with van der Waals surface area (Å²) in [5.74, 6) is 3.14. The molecule has 1 aromatic heterocycles. The van der Waals surface area contributed by atoms with Crippen LogP contribution < -0.4 is 23.7 Å². The summed E-state index contributed by atoms with van der Waals surface area (Å²) in [6.45, 7) is 0. The van der Waals surface area contributed by atoms with Gasteiger partial charge in [0.15, 0.2) is 0 Å². The van der Waals surface area contributed by atoms with Gasteiger partial charge in [-0.25, -0.2) is 0 Å². The minimum Gasteiger partial charge on any atom is -0.497 e. The number of methoxy groups -OCH3 is 4. The first-order valence-corrected chi connectivity index (χ1v) is 14.4. The summed E-state index contributed by atoms with van der Waals surface area (Å²) in [5.41, 5.74) is 4.89. The number of hydrogen-bond donors (Lipinski definition) is 3. The van der Waals surface area contributed by atoms with E-state index in [4.69, 9.17) is 18.9 Å². The van der Waals surface area contributed by atoms with Crippen LogP contribution in [0.25, 0.3) is 0 Å². The van der Waals surface area contributed by atoms with Gasteiger partial charge in [-0.3, -0.25) is 0 Å². The second-order valence-electron chi connectivity index (χ2n) is 9.58. The van der Waals surface area contributed by atoms with Crippen molar-refractivity contribution in [1.29, 1.82) is 0 Å². The molecule has 0 spiro atoms. The standard InChI is InChI=1S/C19H19BO4S.C15H16O3/c1-23-16-7-3-13(4-8-16)19(14-5-9-17(24-2)10-6-14)15-11-18(20(21)22)25-12-15;1-17-13-7-3-11(4-8-13)15(16)12-5-9-14(18-2)10-6-12/h3-12,19,21-22H,1-2H3;3-10,15-16H,1-2H3. The molecule has 0 aliphatic carbocycles. The van der Waals surface area contributed by atoms with Gasteiger partial charge in [0.05, 0.1) is 28.4 Å². The molecule has 5 rings (SSSR count). The molecule has 43 heavy (non-hydrogen) atoms. The van der Waals surface area contributed by atoms with Gasteiger partial charge in [-0.15, -0.1) is 0 Å². The first-order valence-electron chi connectivity index (χ1n) is 13.5. The van der Waals surface area contributed by atoms with Crippen molar-refractivity contribution in [1.82, 2.24) is 0 Å². The average molecular weight is 599 g/mol. The minimum atomic E-state index is -1.45. The van der Waals surface area contributed by atoms with Crippen molar-refractivity contribution < 1.29 is 34.1 Å². The molecule has 4 aromatic carbocycles. The van der Waals surface area contributed by atoms with Gasteiger partial charge in [-0.05, 0) is 87.8 Å². The summed E-state index contributed by atoms with van der Waals surface area (Å²) < 4.78 is 21.2. The number of thiophene rings is 1. The lowest BCUT2D eigenvalue weighted by Gasteiger charge is -2.18. The van der Waals surface area contributed by atoms with E-state index in [0.717, 1.165) is 50.8 Å². The van der Waals surface area contributed by atoms with E-state index >= 15 is 0 Å². The van der Waals surface area contributed by atoms with Gasteiger partial charge in [0.25, 0.3) is 0 Å². The largest absolute Gasteiger partial charge is 0.499 e. The molecule has 0 amide bonds. The van der Waals surface area contributed by atoms with Crippen molar-refractivity contribution >= 4 is 23.2 Å². The number of hydrogen-bond acceptors (Lipinski definition) is 8. The third-order valence-electron chi connectivity index (χ3n) is 6.99. The van der Waals surface area contributed by atoms with Gasteiger partial charge in [0, 0.05) is 10.7 Å². The summed E-state index contributed by atoms with van der Waals surface area (Å²) >= 11 is 1.34. The highest BCUT2D eigenvalue weighted by atomic mass is 32.1. The highest BCUT2D eigenvalue weighted by Crippen LogP contribution is 2.34. The molecule has 0 unspecified atom stereocenters. The van der Waals surface area contributed by atoms with Gasteiger partial charge in [0.1, 0.15) is 29.1 Å². The predicted octanol–water partition coefficient (Wildman–Crippen LogP) is 5.41. The molecule has 0 atom stereocenters. The number of benzene rings is 4. The maximum atomic E-state index is 10.2. The Morgan fingerprint density at radius 1 is 0.512 bits per heavy atom. The van der Waals surface area contributed by atoms with E-state index in [-0.39, 0.29) is 5.92 Å². The summed E-state index contributed by atoms with van der Waals surface area (Å²) in [4.78, 5) is 0. The van der Waals surface area contributed by atoms with E-state index in [1.54, 1.807) is 28.4 Å². The van der Waals surface area contributed by atoms with Crippen LogP contribution in [0.4, 0.5) is 0 Å². The van der Waals surface area contributed by atoms with E-state index in [1.165, 1.54) is 11.3 Å². The first-order chi connectivity index (χ1) is 20.9. The Balaban J connectivity index is 0.000000208. The zero-order valence-corrected chi connectivity index (χ0v) is 25.3. The molecule has 0 bridgehead atoms. The monoisotopic (exact) mass is 598 g/mol. The van der Waals surface area contributed by atoms with Crippen molar-refractivity contribution in [2.24, 2.45) is 0 Å². The van der Waals surface area contributed by atoms with E-state index in [0.29, 0.717) is 4.78 Å². The van der Waals surface area contributed by atoms with Crippen molar-refractivity contribution in [3.05, 3.63) is 136 Å². The van der Waals surface area contributed by atoms with Crippen LogP contribution in [0.3, 0.4) is 0 Å².